The Morgan fingerprint density at radius 2 is 1.91 bits per heavy atom. The van der Waals surface area contributed by atoms with Crippen molar-refractivity contribution in [1.29, 1.82) is 0 Å². The predicted molar refractivity (Wildman–Crippen MR) is 85.9 cm³/mol. The topological polar surface area (TPSA) is 82.5 Å². The molecule has 3 aromatic rings. The number of halogens is 1. The highest BCUT2D eigenvalue weighted by Crippen LogP contribution is 2.29. The zero-order valence-corrected chi connectivity index (χ0v) is 12.5. The second kappa shape index (κ2) is 6.05. The Morgan fingerprint density at radius 1 is 1.17 bits per heavy atom. The number of thiazole rings is 1. The largest absolute Gasteiger partial charge is 0.507 e. The third kappa shape index (κ3) is 3.29. The van der Waals surface area contributed by atoms with E-state index in [0.717, 1.165) is 5.56 Å². The Bertz CT molecular complexity index is 862. The van der Waals surface area contributed by atoms with Gasteiger partial charge in [0, 0.05) is 16.6 Å². The minimum atomic E-state index is -1.21. The first-order chi connectivity index (χ1) is 11.0. The first kappa shape index (κ1) is 15.0. The molecule has 1 aromatic heterocycles. The van der Waals surface area contributed by atoms with Gasteiger partial charge in [-0.25, -0.2) is 14.2 Å². The van der Waals surface area contributed by atoms with Crippen molar-refractivity contribution in [2.45, 2.75) is 0 Å². The molecular weight excluding hydrogens is 319 g/mol. The van der Waals surface area contributed by atoms with E-state index < -0.39 is 5.97 Å². The van der Waals surface area contributed by atoms with Crippen molar-refractivity contribution >= 4 is 28.1 Å². The highest BCUT2D eigenvalue weighted by molar-refractivity contribution is 7.14. The summed E-state index contributed by atoms with van der Waals surface area (Å²) in [6.07, 6.45) is 0. The smallest absolute Gasteiger partial charge is 0.339 e. The number of carboxylic acid groups (broad SMARTS) is 1. The number of carbonyl (C=O) groups is 1. The maximum absolute atomic E-state index is 12.9. The Morgan fingerprint density at radius 3 is 2.61 bits per heavy atom. The van der Waals surface area contributed by atoms with Crippen LogP contribution >= 0.6 is 11.3 Å². The van der Waals surface area contributed by atoms with Crippen LogP contribution in [0.1, 0.15) is 10.4 Å². The fourth-order valence-corrected chi connectivity index (χ4v) is 2.73. The number of nitrogens with zero attached hydrogens (tertiary/aromatic N) is 1. The standard InChI is InChI=1S/C16H11FN2O3S/c17-10-3-1-9(2-4-10)13-8-23-16(19-13)18-11-5-6-14(20)12(7-11)15(21)22/h1-8,20H,(H,18,19)(H,21,22). The zero-order valence-electron chi connectivity index (χ0n) is 11.7. The summed E-state index contributed by atoms with van der Waals surface area (Å²) >= 11 is 1.34. The molecule has 0 fully saturated rings. The van der Waals surface area contributed by atoms with E-state index in [2.05, 4.69) is 10.3 Å². The van der Waals surface area contributed by atoms with Crippen LogP contribution in [0.2, 0.25) is 0 Å². The van der Waals surface area contributed by atoms with Crippen LogP contribution in [0.3, 0.4) is 0 Å². The molecule has 23 heavy (non-hydrogen) atoms. The average Bonchev–Trinajstić information content (AvgIpc) is 2.98. The highest BCUT2D eigenvalue weighted by atomic mass is 32.1. The van der Waals surface area contributed by atoms with E-state index in [1.807, 2.05) is 5.38 Å². The molecule has 0 aliphatic rings. The van der Waals surface area contributed by atoms with Crippen molar-refractivity contribution in [3.63, 3.8) is 0 Å². The number of phenols is 1. The number of aromatic carboxylic acids is 1. The van der Waals surface area contributed by atoms with E-state index in [4.69, 9.17) is 5.11 Å². The predicted octanol–water partition coefficient (Wildman–Crippen LogP) is 4.10. The van der Waals surface area contributed by atoms with Crippen LogP contribution in [0.15, 0.2) is 47.8 Å². The highest BCUT2D eigenvalue weighted by Gasteiger charge is 2.11. The van der Waals surface area contributed by atoms with Gasteiger partial charge >= 0.3 is 5.97 Å². The van der Waals surface area contributed by atoms with Crippen LogP contribution in [0.4, 0.5) is 15.2 Å². The number of hydrogen-bond acceptors (Lipinski definition) is 5. The number of aromatic hydroxyl groups is 1. The number of aromatic nitrogens is 1. The van der Waals surface area contributed by atoms with E-state index in [0.29, 0.717) is 16.5 Å². The summed E-state index contributed by atoms with van der Waals surface area (Å²) in [7, 11) is 0. The summed E-state index contributed by atoms with van der Waals surface area (Å²) in [6.45, 7) is 0. The number of benzene rings is 2. The molecule has 7 heteroatoms. The Balaban J connectivity index is 1.83. The van der Waals surface area contributed by atoms with Crippen LogP contribution in [0, 0.1) is 5.82 Å². The molecule has 1 heterocycles. The van der Waals surface area contributed by atoms with E-state index in [1.165, 1.54) is 35.6 Å². The van der Waals surface area contributed by atoms with Crippen LogP contribution in [-0.2, 0) is 0 Å². The Labute approximate surface area is 134 Å². The fourth-order valence-electron chi connectivity index (χ4n) is 1.99. The van der Waals surface area contributed by atoms with Gasteiger partial charge in [-0.1, -0.05) is 0 Å². The molecule has 0 spiro atoms. The van der Waals surface area contributed by atoms with Crippen LogP contribution in [0.5, 0.6) is 5.75 Å². The van der Waals surface area contributed by atoms with Crippen molar-refractivity contribution in [1.82, 2.24) is 4.98 Å². The maximum Gasteiger partial charge on any atom is 0.339 e. The van der Waals surface area contributed by atoms with Gasteiger partial charge in [-0.15, -0.1) is 11.3 Å². The third-order valence-electron chi connectivity index (χ3n) is 3.12. The molecule has 0 amide bonds. The molecular formula is C16H11FN2O3S. The minimum absolute atomic E-state index is 0.190. The lowest BCUT2D eigenvalue weighted by Crippen LogP contribution is -1.98. The van der Waals surface area contributed by atoms with Crippen LogP contribution in [-0.4, -0.2) is 21.2 Å². The first-order valence-electron chi connectivity index (χ1n) is 6.58. The molecule has 0 unspecified atom stereocenters. The van der Waals surface area contributed by atoms with Crippen molar-refractivity contribution in [3.8, 4) is 17.0 Å². The summed E-state index contributed by atoms with van der Waals surface area (Å²) in [6, 6.07) is 10.2. The SMILES string of the molecule is O=C(O)c1cc(Nc2nc(-c3ccc(F)cc3)cs2)ccc1O. The van der Waals surface area contributed by atoms with Gasteiger partial charge in [0.25, 0.3) is 0 Å². The molecule has 2 aromatic carbocycles. The van der Waals surface area contributed by atoms with E-state index >= 15 is 0 Å². The van der Waals surface area contributed by atoms with Crippen molar-refractivity contribution in [3.05, 3.63) is 59.2 Å². The van der Waals surface area contributed by atoms with Gasteiger partial charge in [0.15, 0.2) is 5.13 Å². The lowest BCUT2D eigenvalue weighted by Gasteiger charge is -2.05. The van der Waals surface area contributed by atoms with Gasteiger partial charge < -0.3 is 15.5 Å². The molecule has 3 rings (SSSR count). The summed E-state index contributed by atoms with van der Waals surface area (Å²) in [5.41, 5.74) is 1.79. The normalized spacial score (nSPS) is 10.5. The number of anilines is 2. The number of hydrogen-bond donors (Lipinski definition) is 3. The summed E-state index contributed by atoms with van der Waals surface area (Å²) < 4.78 is 12.9. The molecule has 0 saturated carbocycles. The minimum Gasteiger partial charge on any atom is -0.507 e. The quantitative estimate of drug-likeness (QED) is 0.628. The average molecular weight is 330 g/mol. The van der Waals surface area contributed by atoms with Gasteiger partial charge in [-0.05, 0) is 42.5 Å². The number of nitrogens with one attached hydrogen (secondary N) is 1. The molecule has 3 N–H and O–H groups in total. The van der Waals surface area contributed by atoms with Crippen molar-refractivity contribution in [2.75, 3.05) is 5.32 Å². The second-order valence-electron chi connectivity index (χ2n) is 4.71. The van der Waals surface area contributed by atoms with Crippen LogP contribution < -0.4 is 5.32 Å². The molecule has 0 saturated heterocycles. The Kier molecular flexibility index (Phi) is 3.94. The monoisotopic (exact) mass is 330 g/mol. The zero-order chi connectivity index (χ0) is 16.4. The fraction of sp³-hybridized carbons (Fsp3) is 0. The molecule has 0 aliphatic heterocycles. The van der Waals surface area contributed by atoms with Crippen LogP contribution in [0.25, 0.3) is 11.3 Å². The van der Waals surface area contributed by atoms with Crippen molar-refractivity contribution < 1.29 is 19.4 Å². The van der Waals surface area contributed by atoms with E-state index in [-0.39, 0.29) is 17.1 Å². The maximum atomic E-state index is 12.9. The second-order valence-corrected chi connectivity index (χ2v) is 5.56. The van der Waals surface area contributed by atoms with E-state index in [9.17, 15) is 14.3 Å². The third-order valence-corrected chi connectivity index (χ3v) is 3.88. The van der Waals surface area contributed by atoms with Crippen molar-refractivity contribution in [2.24, 2.45) is 0 Å². The molecule has 0 atom stereocenters. The van der Waals surface area contributed by atoms with E-state index in [1.54, 1.807) is 18.2 Å². The molecule has 0 aliphatic carbocycles. The Hall–Kier alpha value is -2.93. The summed E-state index contributed by atoms with van der Waals surface area (Å²) in [5.74, 6) is -1.82. The lowest BCUT2D eigenvalue weighted by atomic mass is 10.2. The molecule has 0 bridgehead atoms. The molecule has 0 radical (unpaired) electrons. The van der Waals surface area contributed by atoms with Gasteiger partial charge in [-0.2, -0.15) is 0 Å². The van der Waals surface area contributed by atoms with Gasteiger partial charge in [0.2, 0.25) is 0 Å². The van der Waals surface area contributed by atoms with Gasteiger partial charge in [0.05, 0.1) is 5.69 Å². The molecule has 5 nitrogen and oxygen atoms in total. The summed E-state index contributed by atoms with van der Waals surface area (Å²) in [4.78, 5) is 15.4. The molecule has 116 valence electrons. The number of carboxylic acids is 1. The lowest BCUT2D eigenvalue weighted by molar-refractivity contribution is 0.0694. The summed E-state index contributed by atoms with van der Waals surface area (Å²) in [5, 5.41) is 23.9. The number of rotatable bonds is 4. The van der Waals surface area contributed by atoms with Gasteiger partial charge in [0.1, 0.15) is 17.1 Å². The van der Waals surface area contributed by atoms with Gasteiger partial charge in [-0.3, -0.25) is 0 Å². The first-order valence-corrected chi connectivity index (χ1v) is 7.46.